The lowest BCUT2D eigenvalue weighted by molar-refractivity contribution is -0.126. The zero-order valence-corrected chi connectivity index (χ0v) is 24.0. The number of hydrogen-bond donors (Lipinski definition) is 2. The molecular formula is C31H37N5O5. The van der Waals surface area contributed by atoms with Gasteiger partial charge < -0.3 is 19.4 Å². The molecule has 3 heterocycles. The number of carbonyl (C=O) groups is 3. The van der Waals surface area contributed by atoms with Gasteiger partial charge in [-0.3, -0.25) is 14.5 Å². The molecule has 1 fully saturated rings. The van der Waals surface area contributed by atoms with Crippen molar-refractivity contribution in [2.24, 2.45) is 0 Å². The van der Waals surface area contributed by atoms with Crippen LogP contribution < -0.4 is 20.7 Å². The zero-order chi connectivity index (χ0) is 29.2. The predicted molar refractivity (Wildman–Crippen MR) is 155 cm³/mol. The summed E-state index contributed by atoms with van der Waals surface area (Å²) < 4.78 is 11.4. The largest absolute Gasteiger partial charge is 0.462 e. The molecule has 216 valence electrons. The number of likely N-dealkylation sites (N-methyl/N-ethyl adjacent to an activating group) is 1. The standard InChI is InChI=1S/C31H37N5O5/c1-5-35(24-11-7-6-8-12-24)28(38)31(26-25(17-20-40-26)36(33-31)29(39)41-30(2,3)4)32-27(37)23-15-13-22(14-16-23)21-34-18-9-10-19-34/h6-8,11-17,20,33H,5,9-10,18-19,21H2,1-4H3,(H,32,37). The summed E-state index contributed by atoms with van der Waals surface area (Å²) in [6.45, 7) is 10.4. The molecule has 2 N–H and O–H groups in total. The first-order chi connectivity index (χ1) is 19.6. The van der Waals surface area contributed by atoms with Gasteiger partial charge in [0.15, 0.2) is 5.76 Å². The van der Waals surface area contributed by atoms with Gasteiger partial charge in [-0.25, -0.2) is 9.80 Å². The minimum absolute atomic E-state index is 0.0849. The molecule has 0 bridgehead atoms. The van der Waals surface area contributed by atoms with Crippen LogP contribution in [0, 0.1) is 0 Å². The Morgan fingerprint density at radius 1 is 1.02 bits per heavy atom. The molecule has 10 nitrogen and oxygen atoms in total. The highest BCUT2D eigenvalue weighted by Crippen LogP contribution is 2.39. The maximum absolute atomic E-state index is 14.4. The average molecular weight is 560 g/mol. The molecule has 2 aliphatic rings. The Morgan fingerprint density at radius 3 is 2.34 bits per heavy atom. The van der Waals surface area contributed by atoms with Crippen LogP contribution >= 0.6 is 0 Å². The number of hydrazine groups is 1. The summed E-state index contributed by atoms with van der Waals surface area (Å²) in [5, 5.41) is 3.99. The fourth-order valence-electron chi connectivity index (χ4n) is 5.23. The second-order valence-corrected chi connectivity index (χ2v) is 11.3. The van der Waals surface area contributed by atoms with Gasteiger partial charge in [0.2, 0.25) is 0 Å². The molecule has 0 spiro atoms. The van der Waals surface area contributed by atoms with Crippen molar-refractivity contribution in [3.05, 3.63) is 83.8 Å². The van der Waals surface area contributed by atoms with E-state index in [2.05, 4.69) is 15.6 Å². The molecule has 5 rings (SSSR count). The van der Waals surface area contributed by atoms with Crippen LogP contribution in [-0.2, 0) is 21.7 Å². The summed E-state index contributed by atoms with van der Waals surface area (Å²) in [5.41, 5.74) is 2.62. The van der Waals surface area contributed by atoms with Gasteiger partial charge in [0.25, 0.3) is 17.5 Å². The lowest BCUT2D eigenvalue weighted by Crippen LogP contribution is -2.66. The van der Waals surface area contributed by atoms with Crippen LogP contribution in [0.5, 0.6) is 0 Å². The maximum atomic E-state index is 14.4. The van der Waals surface area contributed by atoms with Gasteiger partial charge in [0.05, 0.1) is 6.26 Å². The molecule has 3 amide bonds. The summed E-state index contributed by atoms with van der Waals surface area (Å²) in [7, 11) is 0. The van der Waals surface area contributed by atoms with Crippen LogP contribution in [0.3, 0.4) is 0 Å². The highest BCUT2D eigenvalue weighted by molar-refractivity contribution is 6.08. The number of carbonyl (C=O) groups excluding carboxylic acids is 3. The van der Waals surface area contributed by atoms with Crippen molar-refractivity contribution in [1.29, 1.82) is 0 Å². The van der Waals surface area contributed by atoms with Crippen LogP contribution in [0.2, 0.25) is 0 Å². The number of ether oxygens (including phenoxy) is 1. The quantitative estimate of drug-likeness (QED) is 0.429. The molecular weight excluding hydrogens is 522 g/mol. The van der Waals surface area contributed by atoms with E-state index in [-0.39, 0.29) is 11.4 Å². The van der Waals surface area contributed by atoms with Crippen molar-refractivity contribution in [3.8, 4) is 0 Å². The molecule has 10 heteroatoms. The Hall–Kier alpha value is -4.15. The van der Waals surface area contributed by atoms with Crippen molar-refractivity contribution in [1.82, 2.24) is 15.6 Å². The van der Waals surface area contributed by atoms with Gasteiger partial charge in [-0.15, -0.1) is 0 Å². The number of fused-ring (bicyclic) bond motifs is 1. The van der Waals surface area contributed by atoms with Crippen LogP contribution in [0.4, 0.5) is 16.2 Å². The van der Waals surface area contributed by atoms with Gasteiger partial charge in [-0.2, -0.15) is 5.43 Å². The molecule has 0 radical (unpaired) electrons. The van der Waals surface area contributed by atoms with Crippen LogP contribution in [0.1, 0.15) is 62.2 Å². The summed E-state index contributed by atoms with van der Waals surface area (Å²) in [6, 6.07) is 18.0. The van der Waals surface area contributed by atoms with E-state index in [9.17, 15) is 14.4 Å². The second kappa shape index (κ2) is 11.4. The normalized spacial score (nSPS) is 18.7. The molecule has 3 aromatic rings. The first kappa shape index (κ1) is 28.4. The number of hydrogen-bond acceptors (Lipinski definition) is 7. The number of anilines is 2. The number of nitrogens with zero attached hydrogens (tertiary/aromatic N) is 3. The summed E-state index contributed by atoms with van der Waals surface area (Å²) in [5.74, 6) is -0.940. The number of nitrogens with one attached hydrogen (secondary N) is 2. The van der Waals surface area contributed by atoms with Crippen molar-refractivity contribution in [2.75, 3.05) is 29.5 Å². The van der Waals surface area contributed by atoms with Gasteiger partial charge in [0.1, 0.15) is 11.3 Å². The highest BCUT2D eigenvalue weighted by Gasteiger charge is 2.57. The van der Waals surface area contributed by atoms with Crippen LogP contribution in [0.15, 0.2) is 71.3 Å². The fourth-order valence-corrected chi connectivity index (χ4v) is 5.23. The number of likely N-dealkylation sites (tertiary alicyclic amines) is 1. The first-order valence-corrected chi connectivity index (χ1v) is 14.0. The third-order valence-electron chi connectivity index (χ3n) is 7.15. The van der Waals surface area contributed by atoms with E-state index in [1.54, 1.807) is 51.1 Å². The first-order valence-electron chi connectivity index (χ1n) is 14.0. The molecule has 2 aliphatic heterocycles. The number of amides is 3. The smallest absolute Gasteiger partial charge is 0.429 e. The summed E-state index contributed by atoms with van der Waals surface area (Å²) in [4.78, 5) is 45.3. The minimum Gasteiger partial charge on any atom is -0.462 e. The lowest BCUT2D eigenvalue weighted by atomic mass is 10.0. The average Bonchev–Trinajstić information content (AvgIpc) is 3.69. The monoisotopic (exact) mass is 559 g/mol. The molecule has 0 aliphatic carbocycles. The van der Waals surface area contributed by atoms with Crippen molar-refractivity contribution < 1.29 is 23.5 Å². The van der Waals surface area contributed by atoms with E-state index in [1.165, 1.54) is 24.0 Å². The third kappa shape index (κ3) is 5.84. The van der Waals surface area contributed by atoms with E-state index in [0.717, 1.165) is 30.2 Å². The van der Waals surface area contributed by atoms with E-state index >= 15 is 0 Å². The van der Waals surface area contributed by atoms with Crippen molar-refractivity contribution in [2.45, 2.75) is 58.3 Å². The molecule has 41 heavy (non-hydrogen) atoms. The SMILES string of the molecule is CCN(C(=O)C1(NC(=O)c2ccc(CN3CCCC3)cc2)NN(C(=O)OC(C)(C)C)c2ccoc21)c1ccccc1. The highest BCUT2D eigenvalue weighted by atomic mass is 16.6. The minimum atomic E-state index is -1.92. The van der Waals surface area contributed by atoms with E-state index in [0.29, 0.717) is 17.8 Å². The second-order valence-electron chi connectivity index (χ2n) is 11.3. The number of rotatable bonds is 7. The summed E-state index contributed by atoms with van der Waals surface area (Å²) in [6.07, 6.45) is 3.05. The lowest BCUT2D eigenvalue weighted by Gasteiger charge is -2.35. The Kier molecular flexibility index (Phi) is 7.88. The Balaban J connectivity index is 1.49. The van der Waals surface area contributed by atoms with E-state index < -0.39 is 29.2 Å². The van der Waals surface area contributed by atoms with Gasteiger partial charge in [-0.1, -0.05) is 30.3 Å². The Bertz CT molecular complexity index is 1390. The zero-order valence-electron chi connectivity index (χ0n) is 24.0. The molecule has 1 unspecified atom stereocenters. The number of para-hydroxylation sites is 1. The van der Waals surface area contributed by atoms with E-state index in [4.69, 9.17) is 9.15 Å². The maximum Gasteiger partial charge on any atom is 0.429 e. The molecule has 1 saturated heterocycles. The third-order valence-corrected chi connectivity index (χ3v) is 7.15. The van der Waals surface area contributed by atoms with Crippen molar-refractivity contribution in [3.63, 3.8) is 0 Å². The Labute approximate surface area is 240 Å². The summed E-state index contributed by atoms with van der Waals surface area (Å²) >= 11 is 0. The van der Waals surface area contributed by atoms with Crippen molar-refractivity contribution >= 4 is 29.3 Å². The molecule has 1 aromatic heterocycles. The van der Waals surface area contributed by atoms with Gasteiger partial charge in [0, 0.05) is 30.4 Å². The van der Waals surface area contributed by atoms with Gasteiger partial charge in [-0.05, 0) is 83.5 Å². The van der Waals surface area contributed by atoms with Crippen LogP contribution in [-0.4, -0.2) is 48.0 Å². The topological polar surface area (TPSA) is 107 Å². The number of benzene rings is 2. The molecule has 2 aromatic carbocycles. The van der Waals surface area contributed by atoms with Crippen LogP contribution in [0.25, 0.3) is 0 Å². The molecule has 1 atom stereocenters. The predicted octanol–water partition coefficient (Wildman–Crippen LogP) is 4.77. The fraction of sp³-hybridized carbons (Fsp3) is 0.387. The van der Waals surface area contributed by atoms with E-state index in [1.807, 2.05) is 37.3 Å². The number of furan rings is 1. The Morgan fingerprint density at radius 2 is 1.71 bits per heavy atom. The van der Waals surface area contributed by atoms with Gasteiger partial charge >= 0.3 is 6.09 Å². The molecule has 0 saturated carbocycles.